The first-order valence-corrected chi connectivity index (χ1v) is 7.65. The number of methoxy groups -OCH3 is 2. The molecule has 2 aromatic rings. The fraction of sp³-hybridized carbons (Fsp3) is 0.105. The Morgan fingerprint density at radius 3 is 1.92 bits per heavy atom. The molecule has 2 aromatic carbocycles. The van der Waals surface area contributed by atoms with Gasteiger partial charge in [0.15, 0.2) is 0 Å². The van der Waals surface area contributed by atoms with Crippen molar-refractivity contribution in [2.45, 2.75) is 0 Å². The van der Waals surface area contributed by atoms with Crippen molar-refractivity contribution in [2.75, 3.05) is 24.9 Å². The number of carbonyl (C=O) groups is 3. The molecule has 0 saturated heterocycles. The van der Waals surface area contributed by atoms with E-state index in [1.54, 1.807) is 48.5 Å². The minimum absolute atomic E-state index is 0.0691. The summed E-state index contributed by atoms with van der Waals surface area (Å²) in [5.74, 6) is -1.63. The number of esters is 2. The van der Waals surface area contributed by atoms with Gasteiger partial charge in [-0.25, -0.2) is 9.59 Å². The van der Waals surface area contributed by atoms with E-state index in [1.807, 2.05) is 6.07 Å². The molecule has 0 fully saturated rings. The molecule has 0 aliphatic rings. The molecule has 0 spiro atoms. The third kappa shape index (κ3) is 5.20. The molecule has 0 aromatic heterocycles. The average Bonchev–Trinajstić information content (AvgIpc) is 2.68. The van der Waals surface area contributed by atoms with Gasteiger partial charge < -0.3 is 20.1 Å². The van der Waals surface area contributed by atoms with E-state index < -0.39 is 11.9 Å². The van der Waals surface area contributed by atoms with Gasteiger partial charge in [0.05, 0.1) is 20.3 Å². The first-order chi connectivity index (χ1) is 12.5. The summed E-state index contributed by atoms with van der Waals surface area (Å²) in [6.45, 7) is 0. The van der Waals surface area contributed by atoms with Gasteiger partial charge in [-0.15, -0.1) is 0 Å². The van der Waals surface area contributed by atoms with E-state index in [2.05, 4.69) is 20.1 Å². The number of hydrogen-bond donors (Lipinski definition) is 2. The Bertz CT molecular complexity index is 814. The molecule has 0 aliphatic heterocycles. The molecule has 26 heavy (non-hydrogen) atoms. The molecule has 0 atom stereocenters. The lowest BCUT2D eigenvalue weighted by Crippen LogP contribution is -2.15. The number of anilines is 2. The summed E-state index contributed by atoms with van der Waals surface area (Å²) >= 11 is 0. The number of benzene rings is 2. The first kappa shape index (κ1) is 18.7. The summed E-state index contributed by atoms with van der Waals surface area (Å²) in [6, 6.07) is 15.4. The number of ether oxygens (including phenoxy) is 2. The zero-order valence-electron chi connectivity index (χ0n) is 14.3. The van der Waals surface area contributed by atoms with Crippen molar-refractivity contribution >= 4 is 29.2 Å². The molecule has 134 valence electrons. The van der Waals surface area contributed by atoms with Gasteiger partial charge in [-0.3, -0.25) is 4.79 Å². The molecule has 0 bridgehead atoms. The number of amides is 1. The molecule has 2 rings (SSSR count). The molecule has 0 aliphatic carbocycles. The summed E-state index contributed by atoms with van der Waals surface area (Å²) in [7, 11) is 2.41. The van der Waals surface area contributed by atoms with Crippen LogP contribution in [0.4, 0.5) is 11.4 Å². The Kier molecular flexibility index (Phi) is 6.50. The third-order valence-corrected chi connectivity index (χ3v) is 3.33. The predicted octanol–water partition coefficient (Wildman–Crippen LogP) is 2.58. The smallest absolute Gasteiger partial charge is 0.354 e. The van der Waals surface area contributed by atoms with Crippen LogP contribution in [0.5, 0.6) is 0 Å². The van der Waals surface area contributed by atoms with Crippen molar-refractivity contribution in [1.29, 1.82) is 0 Å². The van der Waals surface area contributed by atoms with Crippen molar-refractivity contribution in [3.8, 4) is 0 Å². The van der Waals surface area contributed by atoms with Gasteiger partial charge in [-0.1, -0.05) is 18.2 Å². The molecule has 2 N–H and O–H groups in total. The molecule has 0 saturated carbocycles. The number of rotatable bonds is 6. The summed E-state index contributed by atoms with van der Waals surface area (Å²) in [4.78, 5) is 35.2. The maximum absolute atomic E-state index is 12.1. The monoisotopic (exact) mass is 354 g/mol. The Balaban J connectivity index is 2.08. The number of hydrogen-bond acceptors (Lipinski definition) is 6. The van der Waals surface area contributed by atoms with E-state index in [0.29, 0.717) is 16.9 Å². The van der Waals surface area contributed by atoms with Crippen molar-refractivity contribution < 1.29 is 23.9 Å². The zero-order valence-corrected chi connectivity index (χ0v) is 14.3. The Hall–Kier alpha value is -3.61. The van der Waals surface area contributed by atoms with Gasteiger partial charge in [-0.2, -0.15) is 0 Å². The van der Waals surface area contributed by atoms with Gasteiger partial charge in [0, 0.05) is 16.9 Å². The van der Waals surface area contributed by atoms with Crippen LogP contribution in [0.3, 0.4) is 0 Å². The van der Waals surface area contributed by atoms with Crippen LogP contribution in [0.15, 0.2) is 66.4 Å². The van der Waals surface area contributed by atoms with Crippen LogP contribution in [0, 0.1) is 0 Å². The summed E-state index contributed by atoms with van der Waals surface area (Å²) in [6.07, 6.45) is 0.997. The third-order valence-electron chi connectivity index (χ3n) is 3.33. The normalized spacial score (nSPS) is 10.6. The second kappa shape index (κ2) is 9.03. The molecular weight excluding hydrogens is 336 g/mol. The molecule has 0 radical (unpaired) electrons. The number of nitrogens with one attached hydrogen (secondary N) is 2. The average molecular weight is 354 g/mol. The highest BCUT2D eigenvalue weighted by Gasteiger charge is 2.13. The first-order valence-electron chi connectivity index (χ1n) is 7.65. The number of carbonyl (C=O) groups excluding carboxylic acids is 3. The van der Waals surface area contributed by atoms with Gasteiger partial charge in [0.2, 0.25) is 0 Å². The van der Waals surface area contributed by atoms with Crippen LogP contribution in [0.1, 0.15) is 10.4 Å². The van der Waals surface area contributed by atoms with Crippen molar-refractivity contribution in [1.82, 2.24) is 0 Å². The van der Waals surface area contributed by atoms with Crippen molar-refractivity contribution in [2.24, 2.45) is 0 Å². The van der Waals surface area contributed by atoms with E-state index in [4.69, 9.17) is 0 Å². The molecule has 7 heteroatoms. The van der Waals surface area contributed by atoms with Crippen molar-refractivity contribution in [3.05, 3.63) is 71.9 Å². The second-order valence-electron chi connectivity index (χ2n) is 5.10. The largest absolute Gasteiger partial charge is 0.466 e. The Morgan fingerprint density at radius 2 is 1.38 bits per heavy atom. The summed E-state index contributed by atoms with van der Waals surface area (Å²) in [5.41, 5.74) is 1.59. The van der Waals surface area contributed by atoms with E-state index in [0.717, 1.165) is 6.08 Å². The molecule has 7 nitrogen and oxygen atoms in total. The molecule has 0 unspecified atom stereocenters. The quantitative estimate of drug-likeness (QED) is 0.612. The highest BCUT2D eigenvalue weighted by molar-refractivity contribution is 6.04. The van der Waals surface area contributed by atoms with Crippen LogP contribution in [-0.4, -0.2) is 32.1 Å². The lowest BCUT2D eigenvalue weighted by Gasteiger charge is -2.10. The standard InChI is InChI=1S/C19H18N2O5/c1-25-17(22)12-16(19(24)26-2)20-14-8-10-15(11-9-14)21-18(23)13-6-4-3-5-7-13/h3-12,20H,1-2H3,(H,21,23)/b16-12+. The maximum atomic E-state index is 12.1. The molecular formula is C19H18N2O5. The highest BCUT2D eigenvalue weighted by atomic mass is 16.5. The molecule has 0 heterocycles. The maximum Gasteiger partial charge on any atom is 0.354 e. The van der Waals surface area contributed by atoms with Gasteiger partial charge in [0.1, 0.15) is 5.70 Å². The second-order valence-corrected chi connectivity index (χ2v) is 5.10. The van der Waals surface area contributed by atoms with E-state index in [1.165, 1.54) is 14.2 Å². The van der Waals surface area contributed by atoms with Crippen molar-refractivity contribution in [3.63, 3.8) is 0 Å². The summed E-state index contributed by atoms with van der Waals surface area (Å²) in [5, 5.41) is 5.55. The fourth-order valence-electron chi connectivity index (χ4n) is 2.02. The fourth-order valence-corrected chi connectivity index (χ4v) is 2.02. The van der Waals surface area contributed by atoms with Crippen LogP contribution >= 0.6 is 0 Å². The molecule has 1 amide bonds. The summed E-state index contributed by atoms with van der Waals surface area (Å²) < 4.78 is 9.13. The highest BCUT2D eigenvalue weighted by Crippen LogP contribution is 2.17. The Labute approximate surface area is 150 Å². The van der Waals surface area contributed by atoms with Gasteiger partial charge >= 0.3 is 11.9 Å². The van der Waals surface area contributed by atoms with E-state index in [-0.39, 0.29) is 11.6 Å². The van der Waals surface area contributed by atoms with Crippen LogP contribution in [0.2, 0.25) is 0 Å². The van der Waals surface area contributed by atoms with Crippen LogP contribution < -0.4 is 10.6 Å². The van der Waals surface area contributed by atoms with Crippen LogP contribution in [0.25, 0.3) is 0 Å². The lowest BCUT2D eigenvalue weighted by molar-refractivity contribution is -0.138. The topological polar surface area (TPSA) is 93.7 Å². The minimum Gasteiger partial charge on any atom is -0.466 e. The Morgan fingerprint density at radius 1 is 0.808 bits per heavy atom. The van der Waals surface area contributed by atoms with Crippen LogP contribution in [-0.2, 0) is 19.1 Å². The SMILES string of the molecule is COC(=O)/C=C(/Nc1ccc(NC(=O)c2ccccc2)cc1)C(=O)OC. The zero-order chi connectivity index (χ0) is 18.9. The van der Waals surface area contributed by atoms with Gasteiger partial charge in [-0.05, 0) is 36.4 Å². The van der Waals surface area contributed by atoms with Gasteiger partial charge in [0.25, 0.3) is 5.91 Å². The lowest BCUT2D eigenvalue weighted by atomic mass is 10.2. The minimum atomic E-state index is -0.711. The predicted molar refractivity (Wildman–Crippen MR) is 96.6 cm³/mol. The van der Waals surface area contributed by atoms with E-state index >= 15 is 0 Å². The van der Waals surface area contributed by atoms with E-state index in [9.17, 15) is 14.4 Å².